The summed E-state index contributed by atoms with van der Waals surface area (Å²) in [6, 6.07) is 6.56. The lowest BCUT2D eigenvalue weighted by molar-refractivity contribution is 0.0691. The van der Waals surface area contributed by atoms with Gasteiger partial charge in [-0.25, -0.2) is 18.6 Å². The maximum absolute atomic E-state index is 13.3. The average molecular weight is 389 g/mol. The zero-order chi connectivity index (χ0) is 20.1. The van der Waals surface area contributed by atoms with Gasteiger partial charge in [0.1, 0.15) is 29.2 Å². The highest BCUT2D eigenvalue weighted by Crippen LogP contribution is 2.23. The van der Waals surface area contributed by atoms with Crippen LogP contribution in [0.25, 0.3) is 11.5 Å². The fourth-order valence-corrected chi connectivity index (χ4v) is 2.57. The van der Waals surface area contributed by atoms with Crippen LogP contribution in [0.4, 0.5) is 14.6 Å². The molecule has 3 aromatic rings. The summed E-state index contributed by atoms with van der Waals surface area (Å²) in [5, 5.41) is 17.0. The van der Waals surface area contributed by atoms with E-state index in [1.165, 1.54) is 0 Å². The van der Waals surface area contributed by atoms with E-state index in [0.29, 0.717) is 42.8 Å². The molecule has 0 aliphatic heterocycles. The minimum absolute atomic E-state index is 0.138. The second kappa shape index (κ2) is 8.42. The van der Waals surface area contributed by atoms with Crippen LogP contribution in [0.15, 0.2) is 36.7 Å². The number of halogens is 2. The molecule has 0 saturated carbocycles. The molecule has 0 atom stereocenters. The molecule has 28 heavy (non-hydrogen) atoms. The van der Waals surface area contributed by atoms with Crippen LogP contribution in [0.3, 0.4) is 0 Å². The first-order valence-electron chi connectivity index (χ1n) is 8.41. The average Bonchev–Trinajstić information content (AvgIpc) is 3.12. The maximum Gasteiger partial charge on any atom is 0.339 e. The number of nitrogens with zero attached hydrogens (tertiary/aromatic N) is 4. The lowest BCUT2D eigenvalue weighted by Crippen LogP contribution is -2.08. The van der Waals surface area contributed by atoms with E-state index in [1.807, 2.05) is 4.57 Å². The van der Waals surface area contributed by atoms with E-state index in [4.69, 9.17) is 15.6 Å². The van der Waals surface area contributed by atoms with Crippen molar-refractivity contribution in [3.05, 3.63) is 53.9 Å². The summed E-state index contributed by atoms with van der Waals surface area (Å²) in [7, 11) is 0. The van der Waals surface area contributed by atoms with E-state index in [-0.39, 0.29) is 12.4 Å². The number of aryl methyl sites for hydroxylation is 1. The Morgan fingerprint density at radius 2 is 2.00 bits per heavy atom. The fraction of sp³-hybridized carbons (Fsp3) is 0.222. The molecule has 3 rings (SSSR count). The molecule has 0 fully saturated rings. The number of carboxylic acid groups (broad SMARTS) is 1. The molecule has 2 aromatic heterocycles. The van der Waals surface area contributed by atoms with Gasteiger partial charge in [0.15, 0.2) is 17.5 Å². The number of rotatable bonds is 8. The van der Waals surface area contributed by atoms with Gasteiger partial charge in [0.2, 0.25) is 0 Å². The molecule has 10 heteroatoms. The van der Waals surface area contributed by atoms with Crippen molar-refractivity contribution in [3.8, 4) is 17.3 Å². The van der Waals surface area contributed by atoms with Gasteiger partial charge in [0.05, 0.1) is 6.61 Å². The molecule has 3 N–H and O–H groups in total. The Morgan fingerprint density at radius 3 is 2.75 bits per heavy atom. The van der Waals surface area contributed by atoms with Crippen LogP contribution in [0.1, 0.15) is 23.2 Å². The summed E-state index contributed by atoms with van der Waals surface area (Å²) in [6.45, 7) is 0.699. The Hall–Kier alpha value is -3.56. The van der Waals surface area contributed by atoms with Gasteiger partial charge < -0.3 is 20.1 Å². The Morgan fingerprint density at radius 1 is 1.21 bits per heavy atom. The number of carbonyl (C=O) groups is 1. The van der Waals surface area contributed by atoms with E-state index >= 15 is 0 Å². The summed E-state index contributed by atoms with van der Waals surface area (Å²) >= 11 is 0. The predicted octanol–water partition coefficient (Wildman–Crippen LogP) is 2.76. The minimum atomic E-state index is -1.39. The number of nitrogens with two attached hydrogens (primary N) is 1. The molecular formula is C18H17F2N5O3. The Kier molecular flexibility index (Phi) is 5.78. The highest BCUT2D eigenvalue weighted by atomic mass is 19.2. The van der Waals surface area contributed by atoms with E-state index in [2.05, 4.69) is 15.2 Å². The number of aromatic nitrogens is 4. The van der Waals surface area contributed by atoms with Crippen LogP contribution in [0.2, 0.25) is 0 Å². The highest BCUT2D eigenvalue weighted by Gasteiger charge is 2.16. The second-order valence-electron chi connectivity index (χ2n) is 5.92. The van der Waals surface area contributed by atoms with Crippen molar-refractivity contribution in [1.82, 2.24) is 19.7 Å². The van der Waals surface area contributed by atoms with E-state index in [9.17, 15) is 13.6 Å². The van der Waals surface area contributed by atoms with Crippen molar-refractivity contribution in [3.63, 3.8) is 0 Å². The first-order chi connectivity index (χ1) is 13.5. The molecule has 0 unspecified atom stereocenters. The molecule has 0 amide bonds. The summed E-state index contributed by atoms with van der Waals surface area (Å²) in [5.41, 5.74) is 5.86. The quantitative estimate of drug-likeness (QED) is 0.569. The zero-order valence-electron chi connectivity index (χ0n) is 14.7. The van der Waals surface area contributed by atoms with Gasteiger partial charge in [-0.15, -0.1) is 10.2 Å². The number of unbranched alkanes of at least 4 members (excludes halogenated alkanes) is 1. The van der Waals surface area contributed by atoms with E-state index < -0.39 is 23.2 Å². The number of nitrogen functional groups attached to an aromatic ring is 1. The summed E-state index contributed by atoms with van der Waals surface area (Å²) in [6.07, 6.45) is 2.76. The highest BCUT2D eigenvalue weighted by molar-refractivity contribution is 5.90. The molecule has 0 radical (unpaired) electrons. The number of carboxylic acids is 1. The van der Waals surface area contributed by atoms with Crippen LogP contribution in [-0.4, -0.2) is 37.4 Å². The van der Waals surface area contributed by atoms with Gasteiger partial charge in [-0.3, -0.25) is 0 Å². The third kappa shape index (κ3) is 4.40. The zero-order valence-corrected chi connectivity index (χ0v) is 14.7. The molecule has 0 saturated heterocycles. The number of hydrogen-bond donors (Lipinski definition) is 2. The third-order valence-electron chi connectivity index (χ3n) is 3.92. The number of pyridine rings is 1. The first-order valence-corrected chi connectivity index (χ1v) is 8.41. The second-order valence-corrected chi connectivity index (χ2v) is 5.92. The summed E-state index contributed by atoms with van der Waals surface area (Å²) in [5.74, 6) is -3.05. The molecule has 8 nitrogen and oxygen atoms in total. The smallest absolute Gasteiger partial charge is 0.339 e. The summed E-state index contributed by atoms with van der Waals surface area (Å²) < 4.78 is 33.7. The van der Waals surface area contributed by atoms with Gasteiger partial charge in [-0.05, 0) is 31.0 Å². The summed E-state index contributed by atoms with van der Waals surface area (Å²) in [4.78, 5) is 15.3. The topological polar surface area (TPSA) is 116 Å². The number of aromatic carboxylic acids is 1. The molecule has 0 bridgehead atoms. The number of ether oxygens (including phenoxy) is 1. The SMILES string of the molecule is Nc1cccc(-c2nncn2CCCCOc2cc(F)c(F)cc2C(=O)O)n1. The normalized spacial score (nSPS) is 10.8. The van der Waals surface area contributed by atoms with Crippen LogP contribution >= 0.6 is 0 Å². The fourth-order valence-electron chi connectivity index (χ4n) is 2.57. The van der Waals surface area contributed by atoms with Gasteiger partial charge in [-0.1, -0.05) is 6.07 Å². The van der Waals surface area contributed by atoms with Crippen molar-refractivity contribution in [2.75, 3.05) is 12.3 Å². The number of benzene rings is 1. The molecule has 0 aliphatic carbocycles. The van der Waals surface area contributed by atoms with Crippen molar-refractivity contribution in [2.24, 2.45) is 0 Å². The Balaban J connectivity index is 1.56. The number of hydrogen-bond acceptors (Lipinski definition) is 6. The monoisotopic (exact) mass is 389 g/mol. The molecule has 0 spiro atoms. The predicted molar refractivity (Wildman–Crippen MR) is 95.7 cm³/mol. The van der Waals surface area contributed by atoms with Crippen molar-refractivity contribution in [1.29, 1.82) is 0 Å². The third-order valence-corrected chi connectivity index (χ3v) is 3.92. The molecular weight excluding hydrogens is 372 g/mol. The molecule has 0 aliphatic rings. The van der Waals surface area contributed by atoms with Crippen molar-refractivity contribution in [2.45, 2.75) is 19.4 Å². The first kappa shape index (κ1) is 19.2. The van der Waals surface area contributed by atoms with Crippen molar-refractivity contribution < 1.29 is 23.4 Å². The van der Waals surface area contributed by atoms with Gasteiger partial charge >= 0.3 is 5.97 Å². The lowest BCUT2D eigenvalue weighted by Gasteiger charge is -2.10. The lowest BCUT2D eigenvalue weighted by atomic mass is 10.2. The van der Waals surface area contributed by atoms with E-state index in [0.717, 1.165) is 6.07 Å². The molecule has 1 aromatic carbocycles. The van der Waals surface area contributed by atoms with Crippen LogP contribution < -0.4 is 10.5 Å². The van der Waals surface area contributed by atoms with Gasteiger partial charge in [0, 0.05) is 12.6 Å². The Labute approximate surface area is 158 Å². The number of anilines is 1. The maximum atomic E-state index is 13.3. The molecule has 146 valence electrons. The van der Waals surface area contributed by atoms with Gasteiger partial charge in [-0.2, -0.15) is 0 Å². The molecule has 2 heterocycles. The van der Waals surface area contributed by atoms with Crippen LogP contribution in [0, 0.1) is 11.6 Å². The largest absolute Gasteiger partial charge is 0.493 e. The van der Waals surface area contributed by atoms with Crippen LogP contribution in [-0.2, 0) is 6.54 Å². The Bertz CT molecular complexity index is 993. The van der Waals surface area contributed by atoms with Crippen LogP contribution in [0.5, 0.6) is 5.75 Å². The van der Waals surface area contributed by atoms with Crippen molar-refractivity contribution >= 4 is 11.8 Å². The van der Waals surface area contributed by atoms with Gasteiger partial charge in [0.25, 0.3) is 0 Å². The minimum Gasteiger partial charge on any atom is -0.493 e. The van der Waals surface area contributed by atoms with E-state index in [1.54, 1.807) is 24.5 Å². The standard InChI is InChI=1S/C18H17F2N5O3/c19-12-8-11(18(26)27)15(9-13(12)20)28-7-2-1-6-25-10-22-24-17(25)14-4-3-5-16(21)23-14/h3-5,8-10H,1-2,6-7H2,(H2,21,23)(H,26,27).